The van der Waals surface area contributed by atoms with Gasteiger partial charge in [-0.15, -0.1) is 0 Å². The first-order valence-electron chi connectivity index (χ1n) is 9.47. The molecule has 3 aromatic carbocycles. The van der Waals surface area contributed by atoms with Crippen LogP contribution < -0.4 is 4.90 Å². The third-order valence-corrected chi connectivity index (χ3v) is 7.69. The number of nitro benzene ring substituents is 1. The van der Waals surface area contributed by atoms with Gasteiger partial charge in [0.15, 0.2) is 0 Å². The van der Waals surface area contributed by atoms with E-state index in [1.54, 1.807) is 18.2 Å². The minimum absolute atomic E-state index is 0.0747. The Balaban J connectivity index is 1.57. The number of piperazine rings is 1. The maximum atomic E-state index is 13.3. The summed E-state index contributed by atoms with van der Waals surface area (Å²) in [5.74, 6) is 0. The van der Waals surface area contributed by atoms with Gasteiger partial charge in [0.25, 0.3) is 5.69 Å². The van der Waals surface area contributed by atoms with Crippen LogP contribution in [0.2, 0.25) is 5.02 Å². The second kappa shape index (κ2) is 7.86. The van der Waals surface area contributed by atoms with Gasteiger partial charge >= 0.3 is 0 Å². The zero-order valence-corrected chi connectivity index (χ0v) is 17.8. The van der Waals surface area contributed by atoms with Crippen molar-refractivity contribution in [2.24, 2.45) is 0 Å². The molecule has 1 aliphatic heterocycles. The Bertz CT molecular complexity index is 1230. The first-order chi connectivity index (χ1) is 14.3. The fourth-order valence-corrected chi connectivity index (χ4v) is 5.79. The molecule has 0 radical (unpaired) electrons. The highest BCUT2D eigenvalue weighted by molar-refractivity contribution is 7.89. The Kier molecular flexibility index (Phi) is 5.40. The molecule has 7 nitrogen and oxygen atoms in total. The Morgan fingerprint density at radius 2 is 1.77 bits per heavy atom. The number of rotatable bonds is 4. The number of nitro groups is 1. The largest absolute Gasteiger partial charge is 0.367 e. The van der Waals surface area contributed by atoms with Gasteiger partial charge in [-0.2, -0.15) is 4.31 Å². The Morgan fingerprint density at radius 1 is 1.03 bits per heavy atom. The number of benzene rings is 3. The van der Waals surface area contributed by atoms with Crippen molar-refractivity contribution in [1.82, 2.24) is 4.31 Å². The molecule has 156 valence electrons. The molecule has 0 bridgehead atoms. The topological polar surface area (TPSA) is 83.8 Å². The molecule has 0 amide bonds. The summed E-state index contributed by atoms with van der Waals surface area (Å²) in [6.45, 7) is 3.02. The predicted molar refractivity (Wildman–Crippen MR) is 118 cm³/mol. The van der Waals surface area contributed by atoms with Gasteiger partial charge in [0.05, 0.1) is 20.5 Å². The lowest BCUT2D eigenvalue weighted by Gasteiger charge is -2.40. The highest BCUT2D eigenvalue weighted by Gasteiger charge is 2.34. The summed E-state index contributed by atoms with van der Waals surface area (Å²) in [7, 11) is -3.65. The van der Waals surface area contributed by atoms with E-state index < -0.39 is 14.9 Å². The Hall–Kier alpha value is -2.68. The normalized spacial score (nSPS) is 17.9. The van der Waals surface area contributed by atoms with Crippen LogP contribution in [0.1, 0.15) is 6.92 Å². The highest BCUT2D eigenvalue weighted by Crippen LogP contribution is 2.32. The summed E-state index contributed by atoms with van der Waals surface area (Å²) < 4.78 is 28.1. The van der Waals surface area contributed by atoms with Crippen molar-refractivity contribution < 1.29 is 13.3 Å². The van der Waals surface area contributed by atoms with Crippen molar-refractivity contribution in [3.63, 3.8) is 0 Å². The first kappa shape index (κ1) is 20.6. The fourth-order valence-electron chi connectivity index (χ4n) is 3.85. The third-order valence-electron chi connectivity index (χ3n) is 5.38. The Morgan fingerprint density at radius 3 is 2.43 bits per heavy atom. The van der Waals surface area contributed by atoms with Gasteiger partial charge in [0.2, 0.25) is 10.0 Å². The number of sulfonamides is 1. The van der Waals surface area contributed by atoms with E-state index in [4.69, 9.17) is 11.6 Å². The van der Waals surface area contributed by atoms with E-state index in [0.29, 0.717) is 25.3 Å². The third kappa shape index (κ3) is 3.74. The molecule has 0 aliphatic carbocycles. The van der Waals surface area contributed by atoms with E-state index in [-0.39, 0.29) is 21.6 Å². The van der Waals surface area contributed by atoms with Gasteiger partial charge in [-0.1, -0.05) is 41.9 Å². The minimum atomic E-state index is -3.65. The van der Waals surface area contributed by atoms with E-state index in [1.807, 2.05) is 42.2 Å². The van der Waals surface area contributed by atoms with Crippen molar-refractivity contribution in [2.75, 3.05) is 24.5 Å². The summed E-state index contributed by atoms with van der Waals surface area (Å²) in [4.78, 5) is 12.7. The molecule has 9 heteroatoms. The minimum Gasteiger partial charge on any atom is -0.367 e. The monoisotopic (exact) mass is 445 g/mol. The summed E-state index contributed by atoms with van der Waals surface area (Å²) in [5, 5.41) is 13.1. The van der Waals surface area contributed by atoms with Crippen LogP contribution in [0.15, 0.2) is 65.6 Å². The highest BCUT2D eigenvalue weighted by atomic mass is 35.5. The SMILES string of the molecule is C[C@H]1CN(c2ccc([N+](=O)[O-])cc2Cl)CCN1S(=O)(=O)c1ccc2ccccc2c1. The van der Waals surface area contributed by atoms with E-state index in [1.165, 1.54) is 16.4 Å². The molecule has 1 aliphatic rings. The summed E-state index contributed by atoms with van der Waals surface area (Å²) in [5.41, 5.74) is 0.589. The van der Waals surface area contributed by atoms with Crippen LogP contribution in [0.3, 0.4) is 0 Å². The summed E-state index contributed by atoms with van der Waals surface area (Å²) in [6.07, 6.45) is 0. The molecule has 1 atom stereocenters. The molecule has 1 saturated heterocycles. The number of hydrogen-bond acceptors (Lipinski definition) is 5. The molecule has 0 spiro atoms. The number of non-ortho nitro benzene ring substituents is 1. The molecule has 30 heavy (non-hydrogen) atoms. The molecular formula is C21H20ClN3O4S. The molecule has 0 saturated carbocycles. The number of hydrogen-bond donors (Lipinski definition) is 0. The molecule has 1 fully saturated rings. The lowest BCUT2D eigenvalue weighted by Crippen LogP contribution is -2.54. The molecule has 0 N–H and O–H groups in total. The van der Waals surface area contributed by atoms with Crippen molar-refractivity contribution in [3.8, 4) is 0 Å². The van der Waals surface area contributed by atoms with Gasteiger partial charge in [0, 0.05) is 37.8 Å². The Labute approximate surface area is 179 Å². The van der Waals surface area contributed by atoms with E-state index in [9.17, 15) is 18.5 Å². The van der Waals surface area contributed by atoms with Crippen LogP contribution in [-0.2, 0) is 10.0 Å². The zero-order valence-electron chi connectivity index (χ0n) is 16.2. The first-order valence-corrected chi connectivity index (χ1v) is 11.3. The van der Waals surface area contributed by atoms with Crippen molar-refractivity contribution in [3.05, 3.63) is 75.8 Å². The van der Waals surface area contributed by atoms with Gasteiger partial charge in [-0.3, -0.25) is 10.1 Å². The van der Waals surface area contributed by atoms with Crippen LogP contribution in [0.25, 0.3) is 10.8 Å². The lowest BCUT2D eigenvalue weighted by atomic mass is 10.1. The molecule has 3 aromatic rings. The quantitative estimate of drug-likeness (QED) is 0.441. The number of fused-ring (bicyclic) bond motifs is 1. The van der Waals surface area contributed by atoms with E-state index in [2.05, 4.69) is 0 Å². The van der Waals surface area contributed by atoms with E-state index >= 15 is 0 Å². The van der Waals surface area contributed by atoms with Crippen molar-refractivity contribution in [2.45, 2.75) is 17.9 Å². The molecular weight excluding hydrogens is 426 g/mol. The maximum absolute atomic E-state index is 13.3. The number of halogens is 1. The van der Waals surface area contributed by atoms with Crippen LogP contribution in [0.5, 0.6) is 0 Å². The van der Waals surface area contributed by atoms with Gasteiger partial charge in [0.1, 0.15) is 0 Å². The second-order valence-electron chi connectivity index (χ2n) is 7.31. The number of anilines is 1. The van der Waals surface area contributed by atoms with Gasteiger partial charge in [-0.05, 0) is 35.9 Å². The second-order valence-corrected chi connectivity index (χ2v) is 9.61. The van der Waals surface area contributed by atoms with E-state index in [0.717, 1.165) is 10.8 Å². The average Bonchev–Trinajstić information content (AvgIpc) is 2.73. The molecule has 0 aromatic heterocycles. The van der Waals surface area contributed by atoms with Crippen LogP contribution in [-0.4, -0.2) is 43.3 Å². The average molecular weight is 446 g/mol. The van der Waals surface area contributed by atoms with Crippen molar-refractivity contribution in [1.29, 1.82) is 0 Å². The lowest BCUT2D eigenvalue weighted by molar-refractivity contribution is -0.384. The van der Waals surface area contributed by atoms with Crippen LogP contribution >= 0.6 is 11.6 Å². The molecule has 4 rings (SSSR count). The van der Waals surface area contributed by atoms with Crippen LogP contribution in [0, 0.1) is 10.1 Å². The van der Waals surface area contributed by atoms with Crippen molar-refractivity contribution >= 4 is 43.8 Å². The molecule has 1 heterocycles. The fraction of sp³-hybridized carbons (Fsp3) is 0.238. The van der Waals surface area contributed by atoms with Gasteiger partial charge < -0.3 is 4.90 Å². The standard InChI is InChI=1S/C21H20ClN3O4S/c1-15-14-23(21-9-7-18(25(26)27)13-20(21)22)10-11-24(15)30(28,29)19-8-6-16-4-2-3-5-17(16)12-19/h2-9,12-13,15H,10-11,14H2,1H3/t15-/m0/s1. The number of nitrogens with zero attached hydrogens (tertiary/aromatic N) is 3. The maximum Gasteiger partial charge on any atom is 0.271 e. The van der Waals surface area contributed by atoms with Crippen LogP contribution in [0.4, 0.5) is 11.4 Å². The molecule has 0 unspecified atom stereocenters. The summed E-state index contributed by atoms with van der Waals surface area (Å²) >= 11 is 6.25. The zero-order chi connectivity index (χ0) is 21.5. The predicted octanol–water partition coefficient (Wildman–Crippen LogP) is 4.30. The van der Waals surface area contributed by atoms with Gasteiger partial charge in [-0.25, -0.2) is 8.42 Å². The smallest absolute Gasteiger partial charge is 0.271 e. The summed E-state index contributed by atoms with van der Waals surface area (Å²) in [6, 6.07) is 16.9.